The molecular weight excluding hydrogens is 244 g/mol. The lowest BCUT2D eigenvalue weighted by molar-refractivity contribution is -0.117. The van der Waals surface area contributed by atoms with Crippen LogP contribution in [0.5, 0.6) is 0 Å². The first-order valence-corrected chi connectivity index (χ1v) is 6.39. The topological polar surface area (TPSA) is 59.6 Å². The fourth-order valence-corrected chi connectivity index (χ4v) is 2.29. The van der Waals surface area contributed by atoms with Crippen LogP contribution in [0.3, 0.4) is 0 Å². The lowest BCUT2D eigenvalue weighted by Gasteiger charge is -2.22. The zero-order valence-corrected chi connectivity index (χ0v) is 11.5. The fraction of sp³-hybridized carbons (Fsp3) is 0.500. The largest absolute Gasteiger partial charge is 0.384 e. The van der Waals surface area contributed by atoms with Crippen LogP contribution in [-0.4, -0.2) is 39.0 Å². The molecule has 1 aromatic carbocycles. The minimum atomic E-state index is -0.448. The predicted octanol–water partition coefficient (Wildman–Crippen LogP) is 1.39. The lowest BCUT2D eigenvalue weighted by atomic mass is 10.1. The first-order valence-electron chi connectivity index (χ1n) is 6.39. The molecular formula is C14H20N2O3. The molecule has 5 nitrogen and oxygen atoms in total. The van der Waals surface area contributed by atoms with Crippen molar-refractivity contribution < 1.29 is 14.3 Å². The molecule has 0 spiro atoms. The van der Waals surface area contributed by atoms with E-state index in [2.05, 4.69) is 10.6 Å². The zero-order chi connectivity index (χ0) is 13.8. The molecule has 104 valence electrons. The summed E-state index contributed by atoms with van der Waals surface area (Å²) >= 11 is 0. The number of carbonyl (C=O) groups excluding carboxylic acids is 1. The van der Waals surface area contributed by atoms with Crippen molar-refractivity contribution in [2.75, 3.05) is 26.1 Å². The molecule has 1 atom stereocenters. The number of hydrogen-bond donors (Lipinski definition) is 2. The van der Waals surface area contributed by atoms with Gasteiger partial charge in [-0.2, -0.15) is 0 Å². The van der Waals surface area contributed by atoms with Gasteiger partial charge in [0.2, 0.25) is 0 Å². The quantitative estimate of drug-likeness (QED) is 0.789. The van der Waals surface area contributed by atoms with Crippen LogP contribution in [0, 0.1) is 0 Å². The smallest absolute Gasteiger partial charge is 0.251 e. The molecule has 2 rings (SSSR count). The second-order valence-corrected chi connectivity index (χ2v) is 4.65. The average molecular weight is 264 g/mol. The van der Waals surface area contributed by atoms with Gasteiger partial charge in [-0.15, -0.1) is 0 Å². The first-order chi connectivity index (χ1) is 9.15. The van der Waals surface area contributed by atoms with E-state index in [1.807, 2.05) is 25.1 Å². The molecule has 0 radical (unpaired) electrons. The van der Waals surface area contributed by atoms with Crippen LogP contribution in [0.1, 0.15) is 22.8 Å². The third-order valence-electron chi connectivity index (χ3n) is 3.31. The molecule has 1 amide bonds. The molecule has 1 aliphatic heterocycles. The monoisotopic (exact) mass is 264 g/mol. The Balaban J connectivity index is 2.04. The van der Waals surface area contributed by atoms with Gasteiger partial charge in [-0.3, -0.25) is 4.79 Å². The van der Waals surface area contributed by atoms with Gasteiger partial charge in [-0.1, -0.05) is 6.07 Å². The van der Waals surface area contributed by atoms with Crippen LogP contribution in [0.25, 0.3) is 0 Å². The number of methoxy groups -OCH3 is 2. The normalized spacial score (nSPS) is 14.9. The van der Waals surface area contributed by atoms with Gasteiger partial charge in [-0.25, -0.2) is 0 Å². The average Bonchev–Trinajstić information content (AvgIpc) is 2.87. The minimum absolute atomic E-state index is 0.122. The van der Waals surface area contributed by atoms with Crippen LogP contribution < -0.4 is 10.6 Å². The fourth-order valence-electron chi connectivity index (χ4n) is 2.29. The lowest BCUT2D eigenvalue weighted by Crippen LogP contribution is -2.42. The van der Waals surface area contributed by atoms with E-state index in [0.717, 1.165) is 18.7 Å². The molecule has 2 N–H and O–H groups in total. The molecule has 0 bridgehead atoms. The Morgan fingerprint density at radius 2 is 2.11 bits per heavy atom. The van der Waals surface area contributed by atoms with Gasteiger partial charge in [0.05, 0.1) is 6.04 Å². The number of rotatable bonds is 5. The maximum Gasteiger partial charge on any atom is 0.251 e. The van der Waals surface area contributed by atoms with Crippen molar-refractivity contribution in [2.24, 2.45) is 0 Å². The highest BCUT2D eigenvalue weighted by atomic mass is 16.7. The highest BCUT2D eigenvalue weighted by molar-refractivity contribution is 5.95. The minimum Gasteiger partial charge on any atom is -0.384 e. The zero-order valence-electron chi connectivity index (χ0n) is 11.5. The van der Waals surface area contributed by atoms with E-state index in [1.54, 1.807) is 14.2 Å². The van der Waals surface area contributed by atoms with Crippen molar-refractivity contribution in [3.05, 3.63) is 29.3 Å². The van der Waals surface area contributed by atoms with Gasteiger partial charge in [0.1, 0.15) is 0 Å². The molecule has 0 fully saturated rings. The molecule has 0 aromatic heterocycles. The van der Waals surface area contributed by atoms with Crippen LogP contribution >= 0.6 is 0 Å². The van der Waals surface area contributed by atoms with Crippen molar-refractivity contribution in [1.82, 2.24) is 5.32 Å². The number of amides is 1. The Labute approximate surface area is 113 Å². The summed E-state index contributed by atoms with van der Waals surface area (Å²) in [5.41, 5.74) is 2.96. The van der Waals surface area contributed by atoms with E-state index < -0.39 is 6.29 Å². The Bertz CT molecular complexity index is 458. The maximum absolute atomic E-state index is 12.1. The van der Waals surface area contributed by atoms with Gasteiger partial charge in [0, 0.05) is 32.0 Å². The number of anilines is 1. The van der Waals surface area contributed by atoms with E-state index in [4.69, 9.17) is 9.47 Å². The van der Waals surface area contributed by atoms with Crippen LogP contribution in [0.15, 0.2) is 18.2 Å². The van der Waals surface area contributed by atoms with Gasteiger partial charge < -0.3 is 20.1 Å². The first kappa shape index (κ1) is 13.8. The van der Waals surface area contributed by atoms with Crippen molar-refractivity contribution in [2.45, 2.75) is 25.7 Å². The van der Waals surface area contributed by atoms with Crippen molar-refractivity contribution in [1.29, 1.82) is 0 Å². The van der Waals surface area contributed by atoms with Crippen molar-refractivity contribution in [3.8, 4) is 0 Å². The highest BCUT2D eigenvalue weighted by Crippen LogP contribution is 2.23. The summed E-state index contributed by atoms with van der Waals surface area (Å²) in [4.78, 5) is 12.1. The maximum atomic E-state index is 12.1. The summed E-state index contributed by atoms with van der Waals surface area (Å²) in [6.45, 7) is 2.79. The number of carbonyl (C=O) groups is 1. The molecule has 1 unspecified atom stereocenters. The third-order valence-corrected chi connectivity index (χ3v) is 3.31. The van der Waals surface area contributed by atoms with E-state index in [-0.39, 0.29) is 11.9 Å². The third kappa shape index (κ3) is 3.05. The molecule has 1 aliphatic rings. The number of nitrogens with one attached hydrogen (secondary N) is 2. The summed E-state index contributed by atoms with van der Waals surface area (Å²) < 4.78 is 10.2. The standard InChI is InChI=1S/C14H20N2O3/c1-9(14(18-2)19-3)16-13(17)11-5-4-10-6-7-15-12(10)8-11/h4-5,8-9,14-15H,6-7H2,1-3H3,(H,16,17). The Kier molecular flexibility index (Phi) is 4.39. The van der Waals surface area contributed by atoms with E-state index in [9.17, 15) is 4.79 Å². The van der Waals surface area contributed by atoms with Crippen molar-refractivity contribution in [3.63, 3.8) is 0 Å². The molecule has 0 saturated carbocycles. The van der Waals surface area contributed by atoms with Crippen LogP contribution in [0.2, 0.25) is 0 Å². The molecule has 0 aliphatic carbocycles. The van der Waals surface area contributed by atoms with E-state index in [1.165, 1.54) is 5.56 Å². The van der Waals surface area contributed by atoms with Crippen LogP contribution in [-0.2, 0) is 15.9 Å². The molecule has 1 aromatic rings. The number of fused-ring (bicyclic) bond motifs is 1. The number of benzene rings is 1. The Morgan fingerprint density at radius 3 is 2.79 bits per heavy atom. The molecule has 5 heteroatoms. The van der Waals surface area contributed by atoms with E-state index >= 15 is 0 Å². The van der Waals surface area contributed by atoms with Gasteiger partial charge >= 0.3 is 0 Å². The molecule has 19 heavy (non-hydrogen) atoms. The molecule has 1 heterocycles. The number of ether oxygens (including phenoxy) is 2. The second kappa shape index (κ2) is 6.04. The summed E-state index contributed by atoms with van der Waals surface area (Å²) in [5, 5.41) is 6.14. The van der Waals surface area contributed by atoms with Crippen LogP contribution in [0.4, 0.5) is 5.69 Å². The van der Waals surface area contributed by atoms with Gasteiger partial charge in [0.15, 0.2) is 6.29 Å². The summed E-state index contributed by atoms with van der Waals surface area (Å²) in [6, 6.07) is 5.52. The SMILES string of the molecule is COC(OC)C(C)NC(=O)c1ccc2c(c1)NCC2. The summed E-state index contributed by atoms with van der Waals surface area (Å²) in [7, 11) is 3.10. The highest BCUT2D eigenvalue weighted by Gasteiger charge is 2.20. The van der Waals surface area contributed by atoms with Gasteiger partial charge in [0.25, 0.3) is 5.91 Å². The van der Waals surface area contributed by atoms with E-state index in [0.29, 0.717) is 5.56 Å². The number of hydrogen-bond acceptors (Lipinski definition) is 4. The Hall–Kier alpha value is -1.59. The summed E-state index contributed by atoms with van der Waals surface area (Å²) in [6.07, 6.45) is 0.569. The predicted molar refractivity (Wildman–Crippen MR) is 73.4 cm³/mol. The Morgan fingerprint density at radius 1 is 1.37 bits per heavy atom. The summed E-state index contributed by atoms with van der Waals surface area (Å²) in [5.74, 6) is -0.122. The van der Waals surface area contributed by atoms with Gasteiger partial charge in [-0.05, 0) is 31.0 Å². The second-order valence-electron chi connectivity index (χ2n) is 4.65. The van der Waals surface area contributed by atoms with Crippen molar-refractivity contribution >= 4 is 11.6 Å². The molecule has 0 saturated heterocycles.